The topological polar surface area (TPSA) is 72.8 Å². The number of hydrogen-bond acceptors (Lipinski definition) is 6. The minimum Gasteiger partial charge on any atom is -0.387 e. The van der Waals surface area contributed by atoms with Gasteiger partial charge in [0.15, 0.2) is 0 Å². The number of likely N-dealkylation sites (tertiary alicyclic amines) is 2. The van der Waals surface area contributed by atoms with Crippen LogP contribution in [0, 0.1) is 6.92 Å². The fraction of sp³-hybridized carbons (Fsp3) is 0.762. The number of rotatable bonds is 5. The maximum atomic E-state index is 11.7. The molecule has 1 aromatic rings. The van der Waals surface area contributed by atoms with E-state index in [9.17, 15) is 9.90 Å². The molecule has 1 unspecified atom stereocenters. The molecule has 3 fully saturated rings. The Balaban J connectivity index is 1.35. The fourth-order valence-corrected chi connectivity index (χ4v) is 4.89. The van der Waals surface area contributed by atoms with E-state index in [0.717, 1.165) is 56.8 Å². The van der Waals surface area contributed by atoms with E-state index in [1.807, 2.05) is 6.92 Å². The van der Waals surface area contributed by atoms with E-state index in [1.54, 1.807) is 18.2 Å². The smallest absolute Gasteiger partial charge is 0.219 e. The van der Waals surface area contributed by atoms with E-state index in [4.69, 9.17) is 0 Å². The summed E-state index contributed by atoms with van der Waals surface area (Å²) in [6.07, 6.45) is 8.03. The van der Waals surface area contributed by atoms with Gasteiger partial charge >= 0.3 is 0 Å². The molecule has 2 aliphatic heterocycles. The third-order valence-corrected chi connectivity index (χ3v) is 6.46. The number of aryl methyl sites for hydroxylation is 1. The Morgan fingerprint density at radius 3 is 2.57 bits per heavy atom. The Labute approximate surface area is 167 Å². The molecule has 1 atom stereocenters. The lowest BCUT2D eigenvalue weighted by atomic mass is 9.91. The number of β-amino-alcohol motifs (C(OH)–C–C–N with tert-alkyl or cyclic N) is 1. The summed E-state index contributed by atoms with van der Waals surface area (Å²) >= 11 is 0. The second-order valence-corrected chi connectivity index (χ2v) is 8.93. The lowest BCUT2D eigenvalue weighted by Gasteiger charge is -2.44. The molecule has 28 heavy (non-hydrogen) atoms. The van der Waals surface area contributed by atoms with Crippen LogP contribution in [0.25, 0.3) is 0 Å². The summed E-state index contributed by atoms with van der Waals surface area (Å²) in [6, 6.07) is 3.23. The highest BCUT2D eigenvalue weighted by molar-refractivity contribution is 5.73. The second kappa shape index (κ2) is 7.95. The first-order valence-corrected chi connectivity index (χ1v) is 10.7. The summed E-state index contributed by atoms with van der Waals surface area (Å²) in [5.41, 5.74) is 0.249. The molecule has 154 valence electrons. The van der Waals surface area contributed by atoms with Crippen molar-refractivity contribution in [3.8, 4) is 0 Å². The van der Waals surface area contributed by atoms with Gasteiger partial charge in [-0.1, -0.05) is 0 Å². The van der Waals surface area contributed by atoms with Crippen LogP contribution < -0.4 is 4.90 Å². The average molecular weight is 388 g/mol. The van der Waals surface area contributed by atoms with Crippen LogP contribution in [0.15, 0.2) is 12.4 Å². The number of nitrogens with zero attached hydrogens (tertiary/aromatic N) is 5. The van der Waals surface area contributed by atoms with Gasteiger partial charge in [-0.3, -0.25) is 4.79 Å². The summed E-state index contributed by atoms with van der Waals surface area (Å²) in [6.45, 7) is 7.50. The first-order valence-electron chi connectivity index (χ1n) is 10.7. The summed E-state index contributed by atoms with van der Waals surface area (Å²) in [7, 11) is 0. The highest BCUT2D eigenvalue weighted by Crippen LogP contribution is 2.35. The summed E-state index contributed by atoms with van der Waals surface area (Å²) in [5, 5.41) is 11.1. The van der Waals surface area contributed by atoms with Gasteiger partial charge in [0.05, 0.1) is 12.1 Å². The summed E-state index contributed by atoms with van der Waals surface area (Å²) < 4.78 is 0. The van der Waals surface area contributed by atoms with Gasteiger partial charge in [0.25, 0.3) is 0 Å². The largest absolute Gasteiger partial charge is 0.387 e. The Kier molecular flexibility index (Phi) is 5.56. The Morgan fingerprint density at radius 1 is 1.21 bits per heavy atom. The molecule has 7 nitrogen and oxygen atoms in total. The van der Waals surface area contributed by atoms with Gasteiger partial charge in [-0.2, -0.15) is 0 Å². The number of hydrogen-bond donors (Lipinski definition) is 1. The second-order valence-electron chi connectivity index (χ2n) is 8.93. The van der Waals surface area contributed by atoms with Crippen molar-refractivity contribution in [2.45, 2.75) is 70.1 Å². The number of anilines is 1. The molecule has 0 bridgehead atoms. The van der Waals surface area contributed by atoms with Gasteiger partial charge in [-0.05, 0) is 45.4 Å². The molecular formula is C21H33N5O2. The Bertz CT molecular complexity index is 702. The average Bonchev–Trinajstić information content (AvgIpc) is 3.48. The standard InChI is InChI=1S/C21H33N5O2/c1-16-12-20(23-15-22-16)26(18-4-5-18)19-6-10-24(11-7-19)13-21(28)8-3-9-25(14-21)17(2)27/h12,15,18-19,28H,3-11,13-14H2,1-2H3. The van der Waals surface area contributed by atoms with Crippen molar-refractivity contribution < 1.29 is 9.90 Å². The number of amides is 1. The number of carbonyl (C=O) groups is 1. The van der Waals surface area contributed by atoms with Crippen molar-refractivity contribution in [1.82, 2.24) is 19.8 Å². The van der Waals surface area contributed by atoms with Crippen LogP contribution in [-0.2, 0) is 4.79 Å². The van der Waals surface area contributed by atoms with Gasteiger partial charge in [-0.15, -0.1) is 0 Å². The van der Waals surface area contributed by atoms with E-state index < -0.39 is 5.60 Å². The van der Waals surface area contributed by atoms with Crippen LogP contribution >= 0.6 is 0 Å². The molecule has 0 radical (unpaired) electrons. The third kappa shape index (κ3) is 4.46. The van der Waals surface area contributed by atoms with Gasteiger partial charge in [0.1, 0.15) is 12.1 Å². The monoisotopic (exact) mass is 387 g/mol. The lowest BCUT2D eigenvalue weighted by molar-refractivity contribution is -0.137. The molecule has 0 spiro atoms. The van der Waals surface area contributed by atoms with Gasteiger partial charge < -0.3 is 19.8 Å². The molecule has 1 amide bonds. The van der Waals surface area contributed by atoms with E-state index in [0.29, 0.717) is 25.2 Å². The van der Waals surface area contributed by atoms with Crippen LogP contribution in [0.3, 0.4) is 0 Å². The molecule has 1 N–H and O–H groups in total. The maximum Gasteiger partial charge on any atom is 0.219 e. The van der Waals surface area contributed by atoms with Crippen LogP contribution in [0.5, 0.6) is 0 Å². The zero-order valence-electron chi connectivity index (χ0n) is 17.2. The molecule has 7 heteroatoms. The van der Waals surface area contributed by atoms with Crippen molar-refractivity contribution >= 4 is 11.7 Å². The fourth-order valence-electron chi connectivity index (χ4n) is 4.89. The quantitative estimate of drug-likeness (QED) is 0.827. The van der Waals surface area contributed by atoms with Crippen molar-refractivity contribution in [3.63, 3.8) is 0 Å². The minimum absolute atomic E-state index is 0.0667. The first-order chi connectivity index (χ1) is 13.4. The third-order valence-electron chi connectivity index (χ3n) is 6.46. The van der Waals surface area contributed by atoms with Gasteiger partial charge in [0, 0.05) is 56.9 Å². The molecule has 3 heterocycles. The van der Waals surface area contributed by atoms with E-state index in [1.165, 1.54) is 12.8 Å². The molecule has 0 aromatic carbocycles. The first kappa shape index (κ1) is 19.6. The van der Waals surface area contributed by atoms with Crippen LogP contribution in [0.1, 0.15) is 51.1 Å². The van der Waals surface area contributed by atoms with Crippen molar-refractivity contribution in [3.05, 3.63) is 18.1 Å². The van der Waals surface area contributed by atoms with Crippen molar-refractivity contribution in [2.24, 2.45) is 0 Å². The van der Waals surface area contributed by atoms with Crippen LogP contribution in [0.4, 0.5) is 5.82 Å². The summed E-state index contributed by atoms with van der Waals surface area (Å²) in [4.78, 5) is 27.2. The van der Waals surface area contributed by atoms with Crippen molar-refractivity contribution in [2.75, 3.05) is 37.6 Å². The zero-order chi connectivity index (χ0) is 19.7. The highest BCUT2D eigenvalue weighted by Gasteiger charge is 2.39. The van der Waals surface area contributed by atoms with Gasteiger partial charge in [0.2, 0.25) is 5.91 Å². The van der Waals surface area contributed by atoms with E-state index in [-0.39, 0.29) is 5.91 Å². The predicted molar refractivity (Wildman–Crippen MR) is 108 cm³/mol. The number of piperidine rings is 2. The molecule has 3 aliphatic rings. The van der Waals surface area contributed by atoms with Crippen molar-refractivity contribution in [1.29, 1.82) is 0 Å². The highest BCUT2D eigenvalue weighted by atomic mass is 16.3. The zero-order valence-corrected chi connectivity index (χ0v) is 17.2. The molecule has 2 saturated heterocycles. The summed E-state index contributed by atoms with van der Waals surface area (Å²) in [5.74, 6) is 1.13. The SMILES string of the molecule is CC(=O)N1CCCC(O)(CN2CCC(N(c3cc(C)ncn3)C3CC3)CC2)C1. The van der Waals surface area contributed by atoms with Crippen LogP contribution in [-0.4, -0.2) is 81.2 Å². The van der Waals surface area contributed by atoms with E-state index >= 15 is 0 Å². The molecule has 1 aromatic heterocycles. The van der Waals surface area contributed by atoms with Crippen LogP contribution in [0.2, 0.25) is 0 Å². The Morgan fingerprint density at radius 2 is 1.93 bits per heavy atom. The molecule has 1 aliphatic carbocycles. The minimum atomic E-state index is -0.767. The molecule has 1 saturated carbocycles. The number of carbonyl (C=O) groups excluding carboxylic acids is 1. The number of aromatic nitrogens is 2. The lowest BCUT2D eigenvalue weighted by Crippen LogP contribution is -2.57. The Hall–Kier alpha value is -1.73. The van der Waals surface area contributed by atoms with Gasteiger partial charge in [-0.25, -0.2) is 9.97 Å². The molecule has 4 rings (SSSR count). The normalized spacial score (nSPS) is 27.0. The number of aliphatic hydroxyl groups is 1. The van der Waals surface area contributed by atoms with E-state index in [2.05, 4.69) is 25.8 Å². The molecular weight excluding hydrogens is 354 g/mol. The predicted octanol–water partition coefficient (Wildman–Crippen LogP) is 1.59. The maximum absolute atomic E-state index is 11.7.